The molecule has 6 heteroatoms. The van der Waals surface area contributed by atoms with Crippen molar-refractivity contribution in [1.82, 2.24) is 9.78 Å². The highest BCUT2D eigenvalue weighted by Crippen LogP contribution is 2.20. The van der Waals surface area contributed by atoms with Crippen LogP contribution in [0.1, 0.15) is 50.0 Å². The molecule has 1 aliphatic rings. The average Bonchev–Trinajstić information content (AvgIpc) is 2.59. The summed E-state index contributed by atoms with van der Waals surface area (Å²) in [4.78, 5) is 37.2. The minimum Gasteiger partial charge on any atom is -0.450 e. The van der Waals surface area contributed by atoms with E-state index in [1.807, 2.05) is 13.8 Å². The second-order valence-corrected chi connectivity index (χ2v) is 6.88. The molecule has 1 aromatic carbocycles. The third-order valence-electron chi connectivity index (χ3n) is 4.35. The van der Waals surface area contributed by atoms with Crippen molar-refractivity contribution in [1.29, 1.82) is 0 Å². The highest BCUT2D eigenvalue weighted by molar-refractivity contribution is 6.03. The molecule has 0 unspecified atom stereocenters. The SMILES string of the molecule is CC(C)Cn1nc(C(=O)O[C@H]2CCCCC2=O)c2ccccc2c1=O. The third-order valence-corrected chi connectivity index (χ3v) is 4.35. The molecule has 1 heterocycles. The van der Waals surface area contributed by atoms with Gasteiger partial charge in [0.25, 0.3) is 5.56 Å². The van der Waals surface area contributed by atoms with Gasteiger partial charge in [0.15, 0.2) is 17.6 Å². The number of hydrogen-bond donors (Lipinski definition) is 0. The van der Waals surface area contributed by atoms with E-state index in [0.717, 1.165) is 12.8 Å². The molecule has 132 valence electrons. The van der Waals surface area contributed by atoms with Crippen molar-refractivity contribution < 1.29 is 14.3 Å². The van der Waals surface area contributed by atoms with E-state index in [4.69, 9.17) is 4.74 Å². The smallest absolute Gasteiger partial charge is 0.360 e. The molecule has 3 rings (SSSR count). The van der Waals surface area contributed by atoms with E-state index in [1.165, 1.54) is 4.68 Å². The molecule has 25 heavy (non-hydrogen) atoms. The molecule has 0 aliphatic heterocycles. The van der Waals surface area contributed by atoms with Gasteiger partial charge in [0.2, 0.25) is 0 Å². The highest BCUT2D eigenvalue weighted by atomic mass is 16.5. The fraction of sp³-hybridized carbons (Fsp3) is 0.474. The van der Waals surface area contributed by atoms with Crippen molar-refractivity contribution in [3.05, 3.63) is 40.3 Å². The number of fused-ring (bicyclic) bond motifs is 1. The van der Waals surface area contributed by atoms with Gasteiger partial charge in [-0.2, -0.15) is 5.10 Å². The van der Waals surface area contributed by atoms with Crippen molar-refractivity contribution in [2.24, 2.45) is 5.92 Å². The van der Waals surface area contributed by atoms with E-state index in [2.05, 4.69) is 5.10 Å². The Labute approximate surface area is 145 Å². The number of carbonyl (C=O) groups is 2. The molecule has 1 saturated carbocycles. The van der Waals surface area contributed by atoms with Crippen molar-refractivity contribution in [3.8, 4) is 0 Å². The second kappa shape index (κ2) is 7.17. The molecular weight excluding hydrogens is 320 g/mol. The molecule has 1 aromatic heterocycles. The summed E-state index contributed by atoms with van der Waals surface area (Å²) in [7, 11) is 0. The average molecular weight is 342 g/mol. The largest absolute Gasteiger partial charge is 0.450 e. The first-order chi connectivity index (χ1) is 12.0. The summed E-state index contributed by atoms with van der Waals surface area (Å²) in [6.45, 7) is 4.36. The number of Topliss-reactive ketones (excluding diaryl/α,β-unsaturated/α-hetero) is 1. The van der Waals surface area contributed by atoms with Gasteiger partial charge in [-0.25, -0.2) is 9.48 Å². The molecule has 2 aromatic rings. The molecule has 1 fully saturated rings. The summed E-state index contributed by atoms with van der Waals surface area (Å²) in [6.07, 6.45) is 2.00. The third kappa shape index (κ3) is 3.62. The summed E-state index contributed by atoms with van der Waals surface area (Å²) in [5.41, 5.74) is -0.135. The number of carbonyl (C=O) groups excluding carboxylic acids is 2. The maximum atomic E-state index is 12.7. The predicted molar refractivity (Wildman–Crippen MR) is 93.5 cm³/mol. The summed E-state index contributed by atoms with van der Waals surface area (Å²) in [6, 6.07) is 6.86. The van der Waals surface area contributed by atoms with Crippen LogP contribution in [0.15, 0.2) is 29.1 Å². The van der Waals surface area contributed by atoms with E-state index in [-0.39, 0.29) is 23.0 Å². The first-order valence-electron chi connectivity index (χ1n) is 8.71. The van der Waals surface area contributed by atoms with Gasteiger partial charge >= 0.3 is 5.97 Å². The Morgan fingerprint density at radius 2 is 1.96 bits per heavy atom. The maximum Gasteiger partial charge on any atom is 0.360 e. The standard InChI is InChI=1S/C19H22N2O4/c1-12(2)11-21-18(23)14-8-4-3-7-13(14)17(20-21)19(24)25-16-10-6-5-9-15(16)22/h3-4,7-8,12,16H,5-6,9-11H2,1-2H3/t16-/m0/s1. The fourth-order valence-corrected chi connectivity index (χ4v) is 3.12. The van der Waals surface area contributed by atoms with Crippen LogP contribution in [-0.2, 0) is 16.1 Å². The molecule has 0 saturated heterocycles. The summed E-state index contributed by atoms with van der Waals surface area (Å²) in [5, 5.41) is 5.14. The second-order valence-electron chi connectivity index (χ2n) is 6.88. The van der Waals surface area contributed by atoms with Crippen LogP contribution in [0.2, 0.25) is 0 Å². The van der Waals surface area contributed by atoms with Crippen molar-refractivity contribution in [2.45, 2.75) is 52.2 Å². The van der Waals surface area contributed by atoms with E-state index in [9.17, 15) is 14.4 Å². The van der Waals surface area contributed by atoms with Crippen LogP contribution in [0.5, 0.6) is 0 Å². The van der Waals surface area contributed by atoms with Crippen LogP contribution in [0, 0.1) is 5.92 Å². The predicted octanol–water partition coefficient (Wildman–Crippen LogP) is 2.72. The van der Waals surface area contributed by atoms with Crippen molar-refractivity contribution in [2.75, 3.05) is 0 Å². The van der Waals surface area contributed by atoms with Gasteiger partial charge in [-0.1, -0.05) is 32.0 Å². The fourth-order valence-electron chi connectivity index (χ4n) is 3.12. The molecule has 0 N–H and O–H groups in total. The molecule has 0 bridgehead atoms. The first kappa shape index (κ1) is 17.3. The highest BCUT2D eigenvalue weighted by Gasteiger charge is 2.28. The number of hydrogen-bond acceptors (Lipinski definition) is 5. The van der Waals surface area contributed by atoms with Crippen LogP contribution in [-0.4, -0.2) is 27.6 Å². The zero-order valence-corrected chi connectivity index (χ0v) is 14.5. The minimum absolute atomic E-state index is 0.0422. The summed E-state index contributed by atoms with van der Waals surface area (Å²) in [5.74, 6) is -0.483. The molecule has 0 radical (unpaired) electrons. The molecule has 0 amide bonds. The lowest BCUT2D eigenvalue weighted by atomic mass is 9.96. The van der Waals surface area contributed by atoms with E-state index < -0.39 is 12.1 Å². The Kier molecular flexibility index (Phi) is 4.97. The van der Waals surface area contributed by atoms with Gasteiger partial charge in [0.1, 0.15) is 0 Å². The minimum atomic E-state index is -0.702. The monoisotopic (exact) mass is 342 g/mol. The number of aromatic nitrogens is 2. The zero-order valence-electron chi connectivity index (χ0n) is 14.5. The van der Waals surface area contributed by atoms with Gasteiger partial charge in [0.05, 0.1) is 5.39 Å². The molecule has 1 atom stereocenters. The quantitative estimate of drug-likeness (QED) is 0.798. The van der Waals surface area contributed by atoms with Gasteiger partial charge in [-0.15, -0.1) is 0 Å². The molecule has 0 spiro atoms. The van der Waals surface area contributed by atoms with E-state index in [1.54, 1.807) is 24.3 Å². The normalized spacial score (nSPS) is 17.9. The van der Waals surface area contributed by atoms with Gasteiger partial charge in [-0.05, 0) is 31.2 Å². The zero-order chi connectivity index (χ0) is 18.0. The number of esters is 1. The van der Waals surface area contributed by atoms with Crippen LogP contribution >= 0.6 is 0 Å². The number of ether oxygens (including phenoxy) is 1. The van der Waals surface area contributed by atoms with Crippen molar-refractivity contribution in [3.63, 3.8) is 0 Å². The van der Waals surface area contributed by atoms with Gasteiger partial charge in [-0.3, -0.25) is 9.59 Å². The summed E-state index contributed by atoms with van der Waals surface area (Å²) >= 11 is 0. The topological polar surface area (TPSA) is 78.3 Å². The first-order valence-corrected chi connectivity index (χ1v) is 8.71. The van der Waals surface area contributed by atoms with Gasteiger partial charge < -0.3 is 4.74 Å². The van der Waals surface area contributed by atoms with Gasteiger partial charge in [0, 0.05) is 18.4 Å². The lowest BCUT2D eigenvalue weighted by molar-refractivity contribution is -0.129. The molecule has 1 aliphatic carbocycles. The Morgan fingerprint density at radius 3 is 2.64 bits per heavy atom. The maximum absolute atomic E-state index is 12.7. The Bertz CT molecular complexity index is 869. The van der Waals surface area contributed by atoms with Crippen molar-refractivity contribution >= 4 is 22.5 Å². The van der Waals surface area contributed by atoms with Crippen LogP contribution < -0.4 is 5.56 Å². The molecular formula is C19H22N2O4. The lowest BCUT2D eigenvalue weighted by Gasteiger charge is -2.21. The number of rotatable bonds is 4. The Balaban J connectivity index is 2.01. The number of benzene rings is 1. The summed E-state index contributed by atoms with van der Waals surface area (Å²) < 4.78 is 6.74. The van der Waals surface area contributed by atoms with E-state index in [0.29, 0.717) is 30.2 Å². The Hall–Kier alpha value is -2.50. The Morgan fingerprint density at radius 1 is 1.24 bits per heavy atom. The number of ketones is 1. The molecule has 6 nitrogen and oxygen atoms in total. The number of nitrogens with zero attached hydrogens (tertiary/aromatic N) is 2. The lowest BCUT2D eigenvalue weighted by Crippen LogP contribution is -2.32. The van der Waals surface area contributed by atoms with Crippen LogP contribution in [0.3, 0.4) is 0 Å². The van der Waals surface area contributed by atoms with Crippen LogP contribution in [0.4, 0.5) is 0 Å². The van der Waals surface area contributed by atoms with Crippen LogP contribution in [0.25, 0.3) is 10.8 Å². The van der Waals surface area contributed by atoms with E-state index >= 15 is 0 Å².